The van der Waals surface area contributed by atoms with E-state index in [0.29, 0.717) is 63.1 Å². The van der Waals surface area contributed by atoms with Crippen LogP contribution in [0.3, 0.4) is 0 Å². The monoisotopic (exact) mass is 642 g/mol. The Morgan fingerprint density at radius 3 is 2.33 bits per heavy atom. The summed E-state index contributed by atoms with van der Waals surface area (Å²) in [6.07, 6.45) is 3.21. The lowest BCUT2D eigenvalue weighted by atomic mass is 9.97. The smallest absolute Gasteiger partial charge is 0.338 e. The maximum absolute atomic E-state index is 14.0. The molecule has 0 aliphatic carbocycles. The van der Waals surface area contributed by atoms with Crippen molar-refractivity contribution in [3.8, 4) is 17.2 Å². The summed E-state index contributed by atoms with van der Waals surface area (Å²) in [7, 11) is 1.29. The van der Waals surface area contributed by atoms with E-state index in [2.05, 4.69) is 4.99 Å². The number of carbonyl (C=O) groups excluding carboxylic acids is 2. The lowest BCUT2D eigenvalue weighted by Gasteiger charge is -2.23. The van der Waals surface area contributed by atoms with E-state index in [1.165, 1.54) is 29.2 Å². The molecule has 0 unspecified atom stereocenters. The normalized spacial score (nSPS) is 14.0. The number of hydrogen-bond acceptors (Lipinski definition) is 10. The van der Waals surface area contributed by atoms with Crippen molar-refractivity contribution < 1.29 is 33.3 Å². The second kappa shape index (κ2) is 14.7. The zero-order valence-corrected chi connectivity index (χ0v) is 26.8. The number of esters is 2. The summed E-state index contributed by atoms with van der Waals surface area (Å²) in [5, 5.41) is 0. The summed E-state index contributed by atoms with van der Waals surface area (Å²) in [5.74, 6) is 0.675. The first-order valence-electron chi connectivity index (χ1n) is 14.8. The molecule has 11 heteroatoms. The summed E-state index contributed by atoms with van der Waals surface area (Å²) >= 11 is 1.21. The molecule has 238 valence electrons. The van der Waals surface area contributed by atoms with Gasteiger partial charge in [-0.15, -0.1) is 0 Å². The fourth-order valence-corrected chi connectivity index (χ4v) is 5.93. The van der Waals surface area contributed by atoms with Gasteiger partial charge in [0.25, 0.3) is 5.56 Å². The fraction of sp³-hybridized carbons (Fsp3) is 0.257. The zero-order chi connectivity index (χ0) is 32.6. The highest BCUT2D eigenvalue weighted by molar-refractivity contribution is 7.07. The maximum atomic E-state index is 14.0. The van der Waals surface area contributed by atoms with E-state index in [4.69, 9.17) is 23.7 Å². The van der Waals surface area contributed by atoms with Crippen molar-refractivity contribution in [3.63, 3.8) is 0 Å². The van der Waals surface area contributed by atoms with Crippen LogP contribution in [0.25, 0.3) is 6.08 Å². The van der Waals surface area contributed by atoms with E-state index in [1.54, 1.807) is 43.3 Å². The van der Waals surface area contributed by atoms with Crippen molar-refractivity contribution >= 4 is 29.4 Å². The lowest BCUT2D eigenvalue weighted by molar-refractivity contribution is -0.136. The number of ether oxygens (including phenoxy) is 5. The molecular weight excluding hydrogens is 608 g/mol. The van der Waals surface area contributed by atoms with E-state index in [9.17, 15) is 14.4 Å². The Hall–Kier alpha value is -5.16. The number of hydrogen-bond donors (Lipinski definition) is 0. The van der Waals surface area contributed by atoms with Crippen molar-refractivity contribution in [3.05, 3.63) is 120 Å². The molecule has 0 fully saturated rings. The third-order valence-electron chi connectivity index (χ3n) is 7.07. The number of carbonyl (C=O) groups is 2. The summed E-state index contributed by atoms with van der Waals surface area (Å²) in [4.78, 5) is 43.8. The summed E-state index contributed by atoms with van der Waals surface area (Å²) < 4.78 is 29.7. The molecule has 5 rings (SSSR count). The number of aromatic nitrogens is 1. The summed E-state index contributed by atoms with van der Waals surface area (Å²) in [5.41, 5.74) is 2.56. The second-order valence-electron chi connectivity index (χ2n) is 9.99. The fourth-order valence-electron chi connectivity index (χ4n) is 4.97. The van der Waals surface area contributed by atoms with Gasteiger partial charge in [0.15, 0.2) is 16.3 Å². The molecule has 0 saturated heterocycles. The highest BCUT2D eigenvalue weighted by Crippen LogP contribution is 2.35. The zero-order valence-electron chi connectivity index (χ0n) is 26.0. The number of nitrogens with zero attached hydrogens (tertiary/aromatic N) is 2. The van der Waals surface area contributed by atoms with E-state index < -0.39 is 12.0 Å². The highest BCUT2D eigenvalue weighted by atomic mass is 32.1. The van der Waals surface area contributed by atoms with Crippen LogP contribution in [0.2, 0.25) is 0 Å². The van der Waals surface area contributed by atoms with E-state index >= 15 is 0 Å². The van der Waals surface area contributed by atoms with Crippen molar-refractivity contribution in [1.82, 2.24) is 4.57 Å². The van der Waals surface area contributed by atoms with Crippen molar-refractivity contribution in [1.29, 1.82) is 0 Å². The number of benzene rings is 3. The Kier molecular flexibility index (Phi) is 10.3. The van der Waals surface area contributed by atoms with Crippen LogP contribution in [-0.2, 0) is 20.9 Å². The Balaban J connectivity index is 1.50. The lowest BCUT2D eigenvalue weighted by Crippen LogP contribution is -2.39. The predicted octanol–water partition coefficient (Wildman–Crippen LogP) is 4.57. The van der Waals surface area contributed by atoms with Crippen LogP contribution < -0.4 is 29.1 Å². The van der Waals surface area contributed by atoms with Crippen LogP contribution in [0, 0.1) is 0 Å². The first-order valence-corrected chi connectivity index (χ1v) is 15.7. The van der Waals surface area contributed by atoms with Crippen molar-refractivity contribution in [2.45, 2.75) is 33.4 Å². The number of fused-ring (bicyclic) bond motifs is 1. The molecule has 2 heterocycles. The van der Waals surface area contributed by atoms with Gasteiger partial charge in [0.1, 0.15) is 12.4 Å². The van der Waals surface area contributed by atoms with Gasteiger partial charge in [-0.1, -0.05) is 47.7 Å². The minimum absolute atomic E-state index is 0.214. The minimum atomic E-state index is -0.801. The molecular formula is C35H34N2O8S. The SMILES string of the molecule is CCOC(=O)c1ccc(COc2ccccc2/C=c2/sc3n(c2=O)[C@@H](c2ccc(OCC)c(OCC)c2)C(C(=O)OC)=CN=3)cc1. The molecule has 1 aliphatic heterocycles. The largest absolute Gasteiger partial charge is 0.490 e. The van der Waals surface area contributed by atoms with Gasteiger partial charge >= 0.3 is 11.9 Å². The molecule has 46 heavy (non-hydrogen) atoms. The number of rotatable bonds is 12. The van der Waals surface area contributed by atoms with Gasteiger partial charge in [0.2, 0.25) is 0 Å². The van der Waals surface area contributed by atoms with Gasteiger partial charge in [0.05, 0.1) is 48.6 Å². The van der Waals surface area contributed by atoms with Crippen LogP contribution in [0.4, 0.5) is 0 Å². The predicted molar refractivity (Wildman–Crippen MR) is 173 cm³/mol. The Morgan fingerprint density at radius 2 is 1.61 bits per heavy atom. The molecule has 0 bridgehead atoms. The quantitative estimate of drug-likeness (QED) is 0.207. The standard InChI is InChI=1S/C35H34N2O8S/c1-5-42-28-17-16-25(18-29(28)43-6-2)31-26(34(40)41-4)20-36-35-37(31)32(38)30(46-35)19-24-10-8-9-11-27(24)45-21-22-12-14-23(15-13-22)33(39)44-7-3/h8-20,31H,5-7,21H2,1-4H3/b30-19+/t31-/m0/s1. The van der Waals surface area contributed by atoms with Crippen LogP contribution in [-0.4, -0.2) is 43.4 Å². The van der Waals surface area contributed by atoms with Gasteiger partial charge in [-0.2, -0.15) is 0 Å². The molecule has 1 atom stereocenters. The van der Waals surface area contributed by atoms with E-state index in [-0.39, 0.29) is 23.7 Å². The third kappa shape index (κ3) is 6.89. The van der Waals surface area contributed by atoms with Gasteiger partial charge in [-0.05, 0) is 68.3 Å². The Morgan fingerprint density at radius 1 is 0.870 bits per heavy atom. The molecule has 0 amide bonds. The average Bonchev–Trinajstić information content (AvgIpc) is 3.39. The van der Waals surface area contributed by atoms with Gasteiger partial charge in [-0.3, -0.25) is 9.36 Å². The van der Waals surface area contributed by atoms with Gasteiger partial charge < -0.3 is 23.7 Å². The number of thiazole rings is 1. The molecule has 1 aliphatic rings. The van der Waals surface area contributed by atoms with Crippen LogP contribution in [0.15, 0.2) is 88.3 Å². The molecule has 3 aromatic carbocycles. The van der Waals surface area contributed by atoms with Crippen molar-refractivity contribution in [2.24, 2.45) is 4.99 Å². The van der Waals surface area contributed by atoms with Gasteiger partial charge in [-0.25, -0.2) is 14.6 Å². The molecule has 4 aromatic rings. The minimum Gasteiger partial charge on any atom is -0.490 e. The van der Waals surface area contributed by atoms with Crippen LogP contribution >= 0.6 is 11.3 Å². The van der Waals surface area contributed by atoms with E-state index in [1.807, 2.05) is 50.2 Å². The topological polar surface area (TPSA) is 115 Å². The highest BCUT2D eigenvalue weighted by Gasteiger charge is 2.31. The third-order valence-corrected chi connectivity index (χ3v) is 8.07. The molecule has 10 nitrogen and oxygen atoms in total. The number of para-hydroxylation sites is 1. The molecule has 0 N–H and O–H groups in total. The molecule has 1 aromatic heterocycles. The van der Waals surface area contributed by atoms with Gasteiger partial charge in [0, 0.05) is 11.8 Å². The maximum Gasteiger partial charge on any atom is 0.338 e. The summed E-state index contributed by atoms with van der Waals surface area (Å²) in [6.45, 7) is 6.93. The molecule has 0 spiro atoms. The van der Waals surface area contributed by atoms with E-state index in [0.717, 1.165) is 5.56 Å². The number of methoxy groups -OCH3 is 1. The first kappa shape index (κ1) is 32.2. The molecule has 0 radical (unpaired) electrons. The Bertz CT molecular complexity index is 1940. The second-order valence-corrected chi connectivity index (χ2v) is 11.0. The Labute approximate surface area is 269 Å². The van der Waals surface area contributed by atoms with Crippen molar-refractivity contribution in [2.75, 3.05) is 26.9 Å². The first-order chi connectivity index (χ1) is 22.4. The van der Waals surface area contributed by atoms with Crippen LogP contribution in [0.1, 0.15) is 53.9 Å². The average molecular weight is 643 g/mol. The van der Waals surface area contributed by atoms with Crippen LogP contribution in [0.5, 0.6) is 17.2 Å². The molecule has 0 saturated carbocycles. The summed E-state index contributed by atoms with van der Waals surface area (Å²) in [6, 6.07) is 19.0.